The van der Waals surface area contributed by atoms with E-state index in [4.69, 9.17) is 16.7 Å². The predicted molar refractivity (Wildman–Crippen MR) is 80.1 cm³/mol. The molecule has 0 heterocycles. The molecule has 0 bridgehead atoms. The monoisotopic (exact) mass is 341 g/mol. The first-order valence-electron chi connectivity index (χ1n) is 5.76. The number of hydrogen-bond donors (Lipinski definition) is 2. The number of benzene rings is 1. The van der Waals surface area contributed by atoms with Crippen LogP contribution in [-0.2, 0) is 16.6 Å². The van der Waals surface area contributed by atoms with Gasteiger partial charge in [-0.3, -0.25) is 0 Å². The Hall–Kier alpha value is -0.340. The number of aliphatic hydroxyl groups is 1. The van der Waals surface area contributed by atoms with E-state index < -0.39 is 27.3 Å². The van der Waals surface area contributed by atoms with E-state index in [9.17, 15) is 12.8 Å². The zero-order valence-corrected chi connectivity index (χ0v) is 13.8. The number of sulfonamides is 1. The molecule has 0 aliphatic heterocycles. The van der Waals surface area contributed by atoms with Gasteiger partial charge in [-0.25, -0.2) is 17.5 Å². The van der Waals surface area contributed by atoms with Gasteiger partial charge in [-0.15, -0.1) is 0 Å². The average molecular weight is 342 g/mol. The van der Waals surface area contributed by atoms with E-state index in [-0.39, 0.29) is 21.9 Å². The number of thioether (sulfide) groups is 1. The Morgan fingerprint density at radius 1 is 1.45 bits per heavy atom. The van der Waals surface area contributed by atoms with Crippen molar-refractivity contribution in [3.05, 3.63) is 28.5 Å². The molecule has 8 heteroatoms. The van der Waals surface area contributed by atoms with Crippen molar-refractivity contribution in [3.63, 3.8) is 0 Å². The van der Waals surface area contributed by atoms with Crippen LogP contribution in [-0.4, -0.2) is 31.1 Å². The molecule has 0 aromatic heterocycles. The second-order valence-corrected chi connectivity index (χ2v) is 8.51. The number of aliphatic hydroxyl groups excluding tert-OH is 1. The summed E-state index contributed by atoms with van der Waals surface area (Å²) in [4.78, 5) is -0.550. The molecular weight excluding hydrogens is 325 g/mol. The van der Waals surface area contributed by atoms with Gasteiger partial charge in [0.25, 0.3) is 0 Å². The van der Waals surface area contributed by atoms with Gasteiger partial charge in [-0.1, -0.05) is 11.6 Å². The lowest BCUT2D eigenvalue weighted by molar-refractivity contribution is 0.274. The van der Waals surface area contributed by atoms with Crippen LogP contribution in [0.2, 0.25) is 5.02 Å². The SMILES string of the molecule is CSC(C)(C)CNS(=O)(=O)c1cc(Cl)cc(CO)c1F. The summed E-state index contributed by atoms with van der Waals surface area (Å²) in [5.74, 6) is -0.980. The fourth-order valence-electron chi connectivity index (χ4n) is 1.35. The van der Waals surface area contributed by atoms with Gasteiger partial charge in [0.1, 0.15) is 10.7 Å². The first-order chi connectivity index (χ1) is 9.13. The highest BCUT2D eigenvalue weighted by Gasteiger charge is 2.25. The largest absolute Gasteiger partial charge is 0.392 e. The summed E-state index contributed by atoms with van der Waals surface area (Å²) in [5.41, 5.74) is -0.151. The smallest absolute Gasteiger partial charge is 0.243 e. The molecule has 1 rings (SSSR count). The van der Waals surface area contributed by atoms with Crippen molar-refractivity contribution in [2.45, 2.75) is 30.1 Å². The van der Waals surface area contributed by atoms with Crippen molar-refractivity contribution in [1.82, 2.24) is 4.72 Å². The zero-order valence-electron chi connectivity index (χ0n) is 11.4. The quantitative estimate of drug-likeness (QED) is 0.833. The Bertz CT molecular complexity index is 591. The molecule has 0 atom stereocenters. The molecule has 1 aromatic carbocycles. The van der Waals surface area contributed by atoms with Crippen LogP contribution in [0.1, 0.15) is 19.4 Å². The lowest BCUT2D eigenvalue weighted by Crippen LogP contribution is -2.36. The van der Waals surface area contributed by atoms with E-state index in [1.54, 1.807) is 0 Å². The summed E-state index contributed by atoms with van der Waals surface area (Å²) < 4.78 is 40.3. The molecule has 0 aliphatic carbocycles. The third-order valence-corrected chi connectivity index (χ3v) is 5.65. The van der Waals surface area contributed by atoms with Gasteiger partial charge in [0.2, 0.25) is 10.0 Å². The normalized spacial score (nSPS) is 12.7. The average Bonchev–Trinajstić information content (AvgIpc) is 2.39. The Kier molecular flexibility index (Phi) is 5.86. The maximum atomic E-state index is 14.0. The summed E-state index contributed by atoms with van der Waals surface area (Å²) in [6.07, 6.45) is 1.86. The summed E-state index contributed by atoms with van der Waals surface area (Å²) >= 11 is 7.24. The molecule has 0 amide bonds. The first-order valence-corrected chi connectivity index (χ1v) is 8.85. The molecule has 114 valence electrons. The van der Waals surface area contributed by atoms with Gasteiger partial charge in [-0.2, -0.15) is 11.8 Å². The van der Waals surface area contributed by atoms with Crippen LogP contribution in [0, 0.1) is 5.82 Å². The maximum Gasteiger partial charge on any atom is 0.243 e. The summed E-state index contributed by atoms with van der Waals surface area (Å²) in [6.45, 7) is 3.27. The lowest BCUT2D eigenvalue weighted by Gasteiger charge is -2.22. The molecular formula is C12H17ClFNO3S2. The second kappa shape index (κ2) is 6.62. The molecule has 0 saturated heterocycles. The van der Waals surface area contributed by atoms with Crippen molar-refractivity contribution in [2.75, 3.05) is 12.8 Å². The van der Waals surface area contributed by atoms with Crippen molar-refractivity contribution < 1.29 is 17.9 Å². The number of hydrogen-bond acceptors (Lipinski definition) is 4. The Morgan fingerprint density at radius 3 is 2.55 bits per heavy atom. The molecule has 0 saturated carbocycles. The van der Waals surface area contributed by atoms with E-state index in [2.05, 4.69) is 4.72 Å². The third kappa shape index (κ3) is 4.33. The van der Waals surface area contributed by atoms with Crippen LogP contribution in [0.4, 0.5) is 4.39 Å². The highest BCUT2D eigenvalue weighted by molar-refractivity contribution is 8.00. The van der Waals surface area contributed by atoms with Crippen LogP contribution < -0.4 is 4.72 Å². The molecule has 0 aliphatic rings. The summed E-state index contributed by atoms with van der Waals surface area (Å²) in [6, 6.07) is 2.23. The number of rotatable bonds is 6. The third-order valence-electron chi connectivity index (χ3n) is 2.78. The summed E-state index contributed by atoms with van der Waals surface area (Å²) in [5, 5.41) is 9.07. The molecule has 0 spiro atoms. The highest BCUT2D eigenvalue weighted by Crippen LogP contribution is 2.25. The van der Waals surface area contributed by atoms with Crippen LogP contribution in [0.5, 0.6) is 0 Å². The molecule has 4 nitrogen and oxygen atoms in total. The zero-order chi connectivity index (χ0) is 15.6. The fraction of sp³-hybridized carbons (Fsp3) is 0.500. The van der Waals surface area contributed by atoms with Gasteiger partial charge in [0.15, 0.2) is 0 Å². The molecule has 20 heavy (non-hydrogen) atoms. The van der Waals surface area contributed by atoms with E-state index in [1.807, 2.05) is 20.1 Å². The second-order valence-electron chi connectivity index (χ2n) is 4.82. The van der Waals surface area contributed by atoms with E-state index >= 15 is 0 Å². The molecule has 2 N–H and O–H groups in total. The van der Waals surface area contributed by atoms with Crippen LogP contribution in [0.25, 0.3) is 0 Å². The topological polar surface area (TPSA) is 66.4 Å². The van der Waals surface area contributed by atoms with Gasteiger partial charge >= 0.3 is 0 Å². The fourth-order valence-corrected chi connectivity index (χ4v) is 3.32. The molecule has 0 radical (unpaired) electrons. The van der Waals surface area contributed by atoms with E-state index in [0.29, 0.717) is 0 Å². The first kappa shape index (κ1) is 17.7. The van der Waals surface area contributed by atoms with Gasteiger partial charge < -0.3 is 5.11 Å². The van der Waals surface area contributed by atoms with E-state index in [1.165, 1.54) is 17.8 Å². The minimum Gasteiger partial charge on any atom is -0.392 e. The minimum atomic E-state index is -4.02. The number of nitrogens with one attached hydrogen (secondary N) is 1. The number of halogens is 2. The van der Waals surface area contributed by atoms with Crippen molar-refractivity contribution in [1.29, 1.82) is 0 Å². The highest BCUT2D eigenvalue weighted by atomic mass is 35.5. The Morgan fingerprint density at radius 2 is 2.05 bits per heavy atom. The van der Waals surface area contributed by atoms with Gasteiger partial charge in [0.05, 0.1) is 6.61 Å². The minimum absolute atomic E-state index is 0.0555. The van der Waals surface area contributed by atoms with Crippen LogP contribution in [0.3, 0.4) is 0 Å². The predicted octanol–water partition coefficient (Wildman–Crippen LogP) is 2.39. The molecule has 0 fully saturated rings. The van der Waals surface area contributed by atoms with Crippen molar-refractivity contribution in [2.24, 2.45) is 0 Å². The maximum absolute atomic E-state index is 14.0. The van der Waals surface area contributed by atoms with Crippen LogP contribution >= 0.6 is 23.4 Å². The van der Waals surface area contributed by atoms with E-state index in [0.717, 1.165) is 6.07 Å². The summed E-state index contributed by atoms with van der Waals surface area (Å²) in [7, 11) is -4.02. The Balaban J connectivity index is 3.13. The van der Waals surface area contributed by atoms with Gasteiger partial charge in [0, 0.05) is 21.9 Å². The van der Waals surface area contributed by atoms with Crippen molar-refractivity contribution >= 4 is 33.4 Å². The standard InChI is InChI=1S/C12H17ClFNO3S2/c1-12(2,19-3)7-15-20(17,18)10-5-9(13)4-8(6-16)11(10)14/h4-5,15-16H,6-7H2,1-3H3. The molecule has 1 aromatic rings. The Labute approximate surface area is 127 Å². The van der Waals surface area contributed by atoms with Gasteiger partial charge in [-0.05, 0) is 32.2 Å². The molecule has 0 unspecified atom stereocenters. The van der Waals surface area contributed by atoms with Crippen LogP contribution in [0.15, 0.2) is 17.0 Å². The van der Waals surface area contributed by atoms with Crippen molar-refractivity contribution in [3.8, 4) is 0 Å². The lowest BCUT2D eigenvalue weighted by atomic mass is 10.2.